The fraction of sp³-hybridized carbons (Fsp3) is 0.484. The molecule has 37 heavy (non-hydrogen) atoms. The molecule has 198 valence electrons. The number of rotatable bonds is 6. The number of likely N-dealkylation sites (tertiary alicyclic amines) is 1. The van der Waals surface area contributed by atoms with Gasteiger partial charge in [0.2, 0.25) is 5.91 Å². The zero-order valence-corrected chi connectivity index (χ0v) is 23.0. The van der Waals surface area contributed by atoms with Crippen molar-refractivity contribution in [3.63, 3.8) is 0 Å². The first-order valence-corrected chi connectivity index (χ1v) is 13.7. The lowest BCUT2D eigenvalue weighted by Gasteiger charge is -2.52. The first kappa shape index (κ1) is 27.4. The monoisotopic (exact) mass is 522 g/mol. The highest BCUT2D eigenvalue weighted by molar-refractivity contribution is 6.22. The number of carbonyl (C=O) groups is 2. The Morgan fingerprint density at radius 2 is 1.89 bits per heavy atom. The second-order valence-corrected chi connectivity index (χ2v) is 12.0. The number of benzene rings is 1. The van der Waals surface area contributed by atoms with Gasteiger partial charge >= 0.3 is 0 Å². The number of alkyl halides is 1. The number of halogens is 1. The van der Waals surface area contributed by atoms with E-state index < -0.39 is 17.1 Å². The van der Waals surface area contributed by atoms with Crippen LogP contribution in [0.3, 0.4) is 0 Å². The molecule has 0 spiro atoms. The molecule has 6 heteroatoms. The zero-order valence-electron chi connectivity index (χ0n) is 22.3. The summed E-state index contributed by atoms with van der Waals surface area (Å²) < 4.78 is 0. The predicted octanol–water partition coefficient (Wildman–Crippen LogP) is 5.52. The molecule has 2 aliphatic carbocycles. The summed E-state index contributed by atoms with van der Waals surface area (Å²) in [6, 6.07) is 6.98. The minimum atomic E-state index is -1.05. The van der Waals surface area contributed by atoms with Crippen LogP contribution >= 0.6 is 11.6 Å². The van der Waals surface area contributed by atoms with E-state index in [-0.39, 0.29) is 29.0 Å². The van der Waals surface area contributed by atoms with Gasteiger partial charge in [0.05, 0.1) is 11.0 Å². The van der Waals surface area contributed by atoms with E-state index in [0.717, 1.165) is 17.6 Å². The van der Waals surface area contributed by atoms with E-state index in [4.69, 9.17) is 11.6 Å². The number of carbonyl (C=O) groups excluding carboxylic acids is 2. The van der Waals surface area contributed by atoms with Gasteiger partial charge in [-0.25, -0.2) is 0 Å². The minimum absolute atomic E-state index is 0.0525. The zero-order chi connectivity index (χ0) is 26.8. The molecule has 1 heterocycles. The van der Waals surface area contributed by atoms with Gasteiger partial charge in [0.25, 0.3) is 5.91 Å². The third kappa shape index (κ3) is 5.63. The number of piperidine rings is 1. The third-order valence-corrected chi connectivity index (χ3v) is 8.41. The number of nitrogens with zero attached hydrogens (tertiary/aromatic N) is 1. The SMILES string of the molecule is CC(C)[C@@H](NC(=O)c1ccccc1C1C=CC=CC1)C(=O)N1CC[C@](O)(C2=CCC(Cl)C=C2)C(C)(C)C1. The van der Waals surface area contributed by atoms with Gasteiger partial charge < -0.3 is 15.3 Å². The first-order chi connectivity index (χ1) is 17.5. The van der Waals surface area contributed by atoms with E-state index >= 15 is 0 Å². The Kier molecular flexibility index (Phi) is 8.15. The van der Waals surface area contributed by atoms with E-state index in [1.807, 2.05) is 82.3 Å². The van der Waals surface area contributed by atoms with E-state index in [1.54, 1.807) is 4.90 Å². The highest BCUT2D eigenvalue weighted by Crippen LogP contribution is 2.45. The highest BCUT2D eigenvalue weighted by Gasteiger charge is 2.51. The number of hydrogen-bond donors (Lipinski definition) is 2. The molecule has 0 radical (unpaired) electrons. The molecule has 0 aromatic heterocycles. The molecule has 1 fully saturated rings. The van der Waals surface area contributed by atoms with Crippen LogP contribution in [0.15, 0.2) is 72.4 Å². The Morgan fingerprint density at radius 1 is 1.14 bits per heavy atom. The van der Waals surface area contributed by atoms with Crippen molar-refractivity contribution in [2.75, 3.05) is 13.1 Å². The van der Waals surface area contributed by atoms with Crippen molar-refractivity contribution in [1.29, 1.82) is 0 Å². The summed E-state index contributed by atoms with van der Waals surface area (Å²) in [5.41, 5.74) is 0.822. The van der Waals surface area contributed by atoms with Crippen LogP contribution in [0.25, 0.3) is 0 Å². The third-order valence-electron chi connectivity index (χ3n) is 8.09. The summed E-state index contributed by atoms with van der Waals surface area (Å²) in [7, 11) is 0. The molecule has 1 aromatic carbocycles. The Balaban J connectivity index is 1.50. The van der Waals surface area contributed by atoms with Gasteiger partial charge in [-0.05, 0) is 42.4 Å². The van der Waals surface area contributed by atoms with Crippen molar-refractivity contribution in [3.05, 3.63) is 83.5 Å². The molecular weight excluding hydrogens is 484 g/mol. The van der Waals surface area contributed by atoms with Crippen LogP contribution in [0.1, 0.15) is 68.8 Å². The summed E-state index contributed by atoms with van der Waals surface area (Å²) in [4.78, 5) is 29.1. The Bertz CT molecular complexity index is 1150. The van der Waals surface area contributed by atoms with Gasteiger partial charge in [-0.3, -0.25) is 9.59 Å². The highest BCUT2D eigenvalue weighted by atomic mass is 35.5. The van der Waals surface area contributed by atoms with E-state index in [9.17, 15) is 14.7 Å². The van der Waals surface area contributed by atoms with Crippen LogP contribution in [-0.2, 0) is 4.79 Å². The summed E-state index contributed by atoms with van der Waals surface area (Å²) >= 11 is 6.20. The lowest BCUT2D eigenvalue weighted by atomic mass is 9.65. The molecule has 3 aliphatic rings. The molecule has 2 amide bonds. The summed E-state index contributed by atoms with van der Waals surface area (Å²) in [6.45, 7) is 8.72. The predicted molar refractivity (Wildman–Crippen MR) is 150 cm³/mol. The minimum Gasteiger partial charge on any atom is -0.384 e. The molecule has 0 bridgehead atoms. The summed E-state index contributed by atoms with van der Waals surface area (Å²) in [5.74, 6) is -0.287. The molecule has 4 rings (SSSR count). The van der Waals surface area contributed by atoms with Crippen LogP contribution in [0.2, 0.25) is 0 Å². The van der Waals surface area contributed by atoms with E-state index in [0.29, 0.717) is 31.5 Å². The fourth-order valence-corrected chi connectivity index (χ4v) is 5.88. The van der Waals surface area contributed by atoms with Crippen molar-refractivity contribution in [1.82, 2.24) is 10.2 Å². The van der Waals surface area contributed by atoms with Gasteiger partial charge in [-0.1, -0.05) is 88.4 Å². The van der Waals surface area contributed by atoms with E-state index in [1.165, 1.54) is 0 Å². The molecule has 1 saturated heterocycles. The van der Waals surface area contributed by atoms with Gasteiger partial charge in [0.15, 0.2) is 0 Å². The standard InChI is InChI=1S/C31H39ClN2O3/c1-21(2)27(33-28(35)26-13-9-8-12-25(26)22-10-6-5-7-11-22)29(36)34-19-18-31(37,30(3,4)20-34)23-14-16-24(32)17-15-23/h5-10,12-16,21-22,24,27,37H,11,17-20H2,1-4H3,(H,33,35)/t22?,24?,27-,31+/m1/s1. The molecular formula is C31H39ClN2O3. The summed E-state index contributed by atoms with van der Waals surface area (Å²) in [5, 5.41) is 14.7. The lowest BCUT2D eigenvalue weighted by Crippen LogP contribution is -2.62. The topological polar surface area (TPSA) is 69.6 Å². The van der Waals surface area contributed by atoms with Crippen molar-refractivity contribution in [3.8, 4) is 0 Å². The molecule has 2 unspecified atom stereocenters. The quantitative estimate of drug-likeness (QED) is 0.483. The van der Waals surface area contributed by atoms with Gasteiger partial charge in [-0.15, -0.1) is 11.6 Å². The number of allylic oxidation sites excluding steroid dienone is 6. The second kappa shape index (κ2) is 11.0. The number of amides is 2. The van der Waals surface area contributed by atoms with Crippen molar-refractivity contribution >= 4 is 23.4 Å². The van der Waals surface area contributed by atoms with Gasteiger partial charge in [0.1, 0.15) is 6.04 Å². The number of hydrogen-bond acceptors (Lipinski definition) is 3. The molecule has 5 nitrogen and oxygen atoms in total. The average Bonchev–Trinajstić information content (AvgIpc) is 2.89. The Morgan fingerprint density at radius 3 is 2.51 bits per heavy atom. The Hall–Kier alpha value is -2.63. The van der Waals surface area contributed by atoms with Crippen LogP contribution in [-0.4, -0.2) is 51.9 Å². The van der Waals surface area contributed by atoms with Crippen molar-refractivity contribution in [2.45, 2.75) is 69.9 Å². The molecule has 0 saturated carbocycles. The van der Waals surface area contributed by atoms with Gasteiger partial charge in [0, 0.05) is 30.0 Å². The molecule has 1 aliphatic heterocycles. The second-order valence-electron chi connectivity index (χ2n) is 11.5. The number of aliphatic hydroxyl groups is 1. The molecule has 4 atom stereocenters. The number of nitrogens with one attached hydrogen (secondary N) is 1. The maximum atomic E-state index is 13.8. The molecule has 2 N–H and O–H groups in total. The molecule has 1 aromatic rings. The fourth-order valence-electron chi connectivity index (χ4n) is 5.71. The van der Waals surface area contributed by atoms with Crippen LogP contribution in [0, 0.1) is 11.3 Å². The average molecular weight is 523 g/mol. The maximum Gasteiger partial charge on any atom is 0.252 e. The van der Waals surface area contributed by atoms with Crippen molar-refractivity contribution < 1.29 is 14.7 Å². The lowest BCUT2D eigenvalue weighted by molar-refractivity contribution is -0.147. The largest absolute Gasteiger partial charge is 0.384 e. The maximum absolute atomic E-state index is 13.8. The van der Waals surface area contributed by atoms with Crippen LogP contribution < -0.4 is 5.32 Å². The normalized spacial score (nSPS) is 27.6. The smallest absolute Gasteiger partial charge is 0.252 e. The van der Waals surface area contributed by atoms with Gasteiger partial charge in [-0.2, -0.15) is 0 Å². The van der Waals surface area contributed by atoms with E-state index in [2.05, 4.69) is 17.5 Å². The van der Waals surface area contributed by atoms with Crippen molar-refractivity contribution in [2.24, 2.45) is 11.3 Å². The van der Waals surface area contributed by atoms with Crippen LogP contribution in [0.5, 0.6) is 0 Å². The first-order valence-electron chi connectivity index (χ1n) is 13.3. The van der Waals surface area contributed by atoms with Crippen LogP contribution in [0.4, 0.5) is 0 Å². The summed E-state index contributed by atoms with van der Waals surface area (Å²) in [6.07, 6.45) is 16.1. The Labute approximate surface area is 226 Å².